The monoisotopic (exact) mass is 655 g/mol. The minimum absolute atomic E-state index is 0.0290. The number of hydrogen-bond donors (Lipinski definition) is 2. The van der Waals surface area contributed by atoms with Crippen LogP contribution < -0.4 is 21.6 Å². The van der Waals surface area contributed by atoms with Crippen LogP contribution in [0, 0.1) is 6.92 Å². The molecule has 0 aliphatic carbocycles. The molecule has 1 unspecified atom stereocenters. The first kappa shape index (κ1) is 32.4. The summed E-state index contributed by atoms with van der Waals surface area (Å²) in [6.07, 6.45) is 0.302. The third-order valence-corrected chi connectivity index (χ3v) is 15.5. The zero-order chi connectivity index (χ0) is 31.6. The molecule has 1 aromatic heterocycles. The number of nitrogens with one attached hydrogen (secondary N) is 1. The van der Waals surface area contributed by atoms with Crippen LogP contribution in [-0.4, -0.2) is 91.3 Å². The van der Waals surface area contributed by atoms with Gasteiger partial charge in [0, 0.05) is 31.5 Å². The smallest absolute Gasteiger partial charge is 0.330 e. The molecule has 13 heteroatoms. The Labute approximate surface area is 265 Å². The minimum Gasteiger partial charge on any atom is -0.394 e. The van der Waals surface area contributed by atoms with E-state index in [0.29, 0.717) is 12.2 Å². The highest BCUT2D eigenvalue weighted by molar-refractivity contribution is 7.45. The van der Waals surface area contributed by atoms with Gasteiger partial charge in [0.15, 0.2) is 6.23 Å². The van der Waals surface area contributed by atoms with E-state index in [-0.39, 0.29) is 25.4 Å². The lowest BCUT2D eigenvalue weighted by atomic mass is 10.1. The maximum atomic E-state index is 12.9. The SMILES string of the molecule is COCCO[C@H]1C(O[P@]2O[C@@H](C[Si](C)(c3ccccc3)c3ccccc3)[C@H]3CCCN32)[C@@H](CO)O[C@H]1n1cc(C)c(=O)[nH]c1=O. The maximum absolute atomic E-state index is 12.9. The number of ether oxygens (including phenoxy) is 3. The molecule has 242 valence electrons. The molecule has 7 atom stereocenters. The van der Waals surface area contributed by atoms with Crippen molar-refractivity contribution < 1.29 is 28.4 Å². The summed E-state index contributed by atoms with van der Waals surface area (Å²) in [5.74, 6) is 0. The minimum atomic E-state index is -2.19. The summed E-state index contributed by atoms with van der Waals surface area (Å²) in [4.78, 5) is 27.3. The third kappa shape index (κ3) is 6.54. The van der Waals surface area contributed by atoms with Gasteiger partial charge in [-0.15, -0.1) is 0 Å². The number of aryl methyl sites for hydroxylation is 1. The Kier molecular flexibility index (Phi) is 10.1. The normalized spacial score (nSPS) is 28.5. The maximum Gasteiger partial charge on any atom is 0.330 e. The molecule has 6 rings (SSSR count). The van der Waals surface area contributed by atoms with Gasteiger partial charge in [0.2, 0.25) is 0 Å². The molecule has 3 saturated heterocycles. The molecule has 0 bridgehead atoms. The standard InChI is InChI=1S/C32H42N3O8PSi/c1-22-19-34(32(38)33-30(22)37)31-29(40-18-17-39-2)28(26(20-36)41-31)43-44-35-16-10-15-25(35)27(42-44)21-45(3,23-11-6-4-7-12-23)24-13-8-5-9-14-24/h4-9,11-14,19,25-29,31,36H,10,15-18,20-21H2,1-3H3,(H,33,37,38)/t25-,26-,27+,28?,29+,31-,44+/m1/s1. The summed E-state index contributed by atoms with van der Waals surface area (Å²) in [5, 5.41) is 13.1. The van der Waals surface area contributed by atoms with Gasteiger partial charge in [-0.3, -0.25) is 14.3 Å². The fourth-order valence-electron chi connectivity index (χ4n) is 6.81. The molecule has 0 spiro atoms. The van der Waals surface area contributed by atoms with Crippen LogP contribution in [0.25, 0.3) is 0 Å². The number of hydrogen-bond acceptors (Lipinski definition) is 9. The van der Waals surface area contributed by atoms with Crippen molar-refractivity contribution in [1.82, 2.24) is 14.2 Å². The lowest BCUT2D eigenvalue weighted by Crippen LogP contribution is -2.58. The van der Waals surface area contributed by atoms with Crippen molar-refractivity contribution in [2.75, 3.05) is 33.5 Å². The molecule has 3 fully saturated rings. The van der Waals surface area contributed by atoms with Crippen molar-refractivity contribution in [1.29, 1.82) is 0 Å². The molecular weight excluding hydrogens is 613 g/mol. The number of aromatic nitrogens is 2. The first-order chi connectivity index (χ1) is 21.8. The second kappa shape index (κ2) is 14.1. The largest absolute Gasteiger partial charge is 0.394 e. The number of aliphatic hydroxyl groups is 1. The van der Waals surface area contributed by atoms with Gasteiger partial charge >= 0.3 is 5.69 Å². The van der Waals surface area contributed by atoms with E-state index in [2.05, 4.69) is 76.9 Å². The fourth-order valence-corrected chi connectivity index (χ4v) is 12.8. The van der Waals surface area contributed by atoms with E-state index in [1.165, 1.54) is 21.1 Å². The lowest BCUT2D eigenvalue weighted by molar-refractivity contribution is -0.0811. The van der Waals surface area contributed by atoms with Crippen LogP contribution in [-0.2, 0) is 23.3 Å². The van der Waals surface area contributed by atoms with E-state index in [9.17, 15) is 14.7 Å². The number of fused-ring (bicyclic) bond motifs is 1. The molecule has 4 heterocycles. The first-order valence-corrected chi connectivity index (χ1v) is 19.4. The van der Waals surface area contributed by atoms with E-state index in [4.69, 9.17) is 23.3 Å². The van der Waals surface area contributed by atoms with Crippen molar-refractivity contribution in [2.45, 2.75) is 69.0 Å². The predicted octanol–water partition coefficient (Wildman–Crippen LogP) is 2.13. The Morgan fingerprint density at radius 2 is 1.71 bits per heavy atom. The van der Waals surface area contributed by atoms with E-state index in [1.807, 2.05) is 0 Å². The Bertz CT molecular complexity index is 1500. The van der Waals surface area contributed by atoms with Crippen LogP contribution in [0.15, 0.2) is 76.4 Å². The highest BCUT2D eigenvalue weighted by Gasteiger charge is 2.54. The molecule has 3 aliphatic rings. The van der Waals surface area contributed by atoms with E-state index in [1.54, 1.807) is 14.0 Å². The zero-order valence-corrected chi connectivity index (χ0v) is 27.8. The Morgan fingerprint density at radius 1 is 1.02 bits per heavy atom. The molecule has 2 N–H and O–H groups in total. The summed E-state index contributed by atoms with van der Waals surface area (Å²) in [6, 6.07) is 22.6. The molecule has 3 aliphatic heterocycles. The number of aromatic amines is 1. The molecular formula is C32H42N3O8PSi. The summed E-state index contributed by atoms with van der Waals surface area (Å²) >= 11 is 0. The fraction of sp³-hybridized carbons (Fsp3) is 0.500. The van der Waals surface area contributed by atoms with Crippen LogP contribution in [0.4, 0.5) is 0 Å². The quantitative estimate of drug-likeness (QED) is 0.172. The topological polar surface area (TPSA) is 124 Å². The average molecular weight is 656 g/mol. The molecule has 3 aromatic rings. The van der Waals surface area contributed by atoms with Crippen LogP contribution in [0.1, 0.15) is 24.6 Å². The van der Waals surface area contributed by atoms with Gasteiger partial charge in [-0.25, -0.2) is 9.46 Å². The van der Waals surface area contributed by atoms with Gasteiger partial charge in [-0.1, -0.05) is 77.6 Å². The van der Waals surface area contributed by atoms with Crippen LogP contribution in [0.5, 0.6) is 0 Å². The average Bonchev–Trinajstić information content (AvgIpc) is 3.76. The molecule has 0 radical (unpaired) electrons. The molecule has 0 amide bonds. The highest BCUT2D eigenvalue weighted by atomic mass is 31.2. The van der Waals surface area contributed by atoms with Gasteiger partial charge in [-0.2, -0.15) is 0 Å². The molecule has 11 nitrogen and oxygen atoms in total. The number of nitrogens with zero attached hydrogens (tertiary/aromatic N) is 2. The number of rotatable bonds is 12. The summed E-state index contributed by atoms with van der Waals surface area (Å²) in [5.41, 5.74) is -0.732. The van der Waals surface area contributed by atoms with E-state index in [0.717, 1.165) is 25.4 Å². The number of aliphatic hydroxyl groups excluding tert-OH is 1. The second-order valence-electron chi connectivity index (χ2n) is 12.1. The van der Waals surface area contributed by atoms with Gasteiger partial charge < -0.3 is 28.4 Å². The Hall–Kier alpha value is -2.51. The Morgan fingerprint density at radius 3 is 2.36 bits per heavy atom. The van der Waals surface area contributed by atoms with E-state index < -0.39 is 52.4 Å². The van der Waals surface area contributed by atoms with Crippen LogP contribution in [0.2, 0.25) is 12.6 Å². The van der Waals surface area contributed by atoms with Crippen molar-refractivity contribution in [3.63, 3.8) is 0 Å². The van der Waals surface area contributed by atoms with Crippen LogP contribution in [0.3, 0.4) is 0 Å². The van der Waals surface area contributed by atoms with Crippen molar-refractivity contribution in [3.8, 4) is 0 Å². The van der Waals surface area contributed by atoms with Crippen molar-refractivity contribution in [2.24, 2.45) is 0 Å². The van der Waals surface area contributed by atoms with Crippen molar-refractivity contribution in [3.05, 3.63) is 93.3 Å². The summed E-state index contributed by atoms with van der Waals surface area (Å²) in [7, 11) is -2.12. The summed E-state index contributed by atoms with van der Waals surface area (Å²) < 4.78 is 35.0. The van der Waals surface area contributed by atoms with Crippen LogP contribution >= 0.6 is 8.53 Å². The first-order valence-electron chi connectivity index (χ1n) is 15.5. The predicted molar refractivity (Wildman–Crippen MR) is 174 cm³/mol. The van der Waals surface area contributed by atoms with Gasteiger partial charge in [0.1, 0.15) is 26.4 Å². The molecule has 0 saturated carbocycles. The van der Waals surface area contributed by atoms with E-state index >= 15 is 0 Å². The zero-order valence-electron chi connectivity index (χ0n) is 25.9. The lowest BCUT2D eigenvalue weighted by Gasteiger charge is -2.32. The molecule has 45 heavy (non-hydrogen) atoms. The Balaban J connectivity index is 1.28. The number of methoxy groups -OCH3 is 1. The number of benzene rings is 2. The molecule has 2 aromatic carbocycles. The van der Waals surface area contributed by atoms with Gasteiger partial charge in [-0.05, 0) is 25.8 Å². The van der Waals surface area contributed by atoms with Gasteiger partial charge in [0.05, 0.1) is 25.9 Å². The number of H-pyrrole nitrogens is 1. The van der Waals surface area contributed by atoms with Gasteiger partial charge in [0.25, 0.3) is 14.1 Å². The van der Waals surface area contributed by atoms with Crippen molar-refractivity contribution >= 4 is 27.0 Å². The second-order valence-corrected chi connectivity index (χ2v) is 17.8. The summed E-state index contributed by atoms with van der Waals surface area (Å²) in [6.45, 7) is 5.10. The third-order valence-electron chi connectivity index (χ3n) is 9.26. The highest BCUT2D eigenvalue weighted by Crippen LogP contribution is 2.59.